The van der Waals surface area contributed by atoms with Crippen LogP contribution in [-0.4, -0.2) is 138 Å². The Morgan fingerprint density at radius 2 is 1.77 bits per heavy atom. The quantitative estimate of drug-likeness (QED) is 0.0930. The molecule has 0 spiro atoms. The van der Waals surface area contributed by atoms with Crippen molar-refractivity contribution in [1.82, 2.24) is 10.3 Å². The molecule has 14 atom stereocenters. The fraction of sp³-hybridized carbons (Fsp3) is 0.510. The summed E-state index contributed by atoms with van der Waals surface area (Å²) in [5.41, 5.74) is -0.340. The molecule has 74 heavy (non-hydrogen) atoms. The molecule has 0 bridgehead atoms. The molecule has 0 radical (unpaired) electrons. The van der Waals surface area contributed by atoms with E-state index in [0.717, 1.165) is 17.6 Å². The van der Waals surface area contributed by atoms with E-state index in [9.17, 15) is 59.4 Å². The molecule has 2 saturated heterocycles. The maximum absolute atomic E-state index is 14.0. The lowest BCUT2D eigenvalue weighted by Crippen LogP contribution is -2.63. The summed E-state index contributed by atoms with van der Waals surface area (Å²) >= 11 is 4.36. The number of fused-ring (bicyclic) bond motifs is 7. The summed E-state index contributed by atoms with van der Waals surface area (Å²) in [6, 6.07) is 11.2. The molecule has 4 aliphatic carbocycles. The number of Topliss-reactive ketones (excluding diaryl/α,β-unsaturated/α-hetero) is 1. The van der Waals surface area contributed by atoms with Crippen LogP contribution in [0, 0.1) is 28.6 Å². The molecular weight excluding hydrogens is 1050 g/mol. The number of amides is 3. The lowest BCUT2D eigenvalue weighted by atomic mass is 9.46. The van der Waals surface area contributed by atoms with Crippen molar-refractivity contribution in [3.63, 3.8) is 0 Å². The van der Waals surface area contributed by atoms with E-state index in [4.69, 9.17) is 23.7 Å². The molecule has 3 amide bonds. The smallest absolute Gasteiger partial charge is 0.411 e. The summed E-state index contributed by atoms with van der Waals surface area (Å²) in [7, 11) is 0. The van der Waals surface area contributed by atoms with Gasteiger partial charge in [0.05, 0.1) is 33.1 Å². The highest BCUT2D eigenvalue weighted by Crippen LogP contribution is 2.70. The molecule has 2 aromatic carbocycles. The zero-order valence-corrected chi connectivity index (χ0v) is 42.6. The molecule has 3 heterocycles. The average Bonchev–Trinajstić information content (AvgIpc) is 4.06. The Labute approximate surface area is 436 Å². The number of hydrogen-bond acceptors (Lipinski definition) is 18. The van der Waals surface area contributed by atoms with E-state index in [-0.39, 0.29) is 72.2 Å². The van der Waals surface area contributed by atoms with Crippen LogP contribution in [0.5, 0.6) is 5.75 Å². The van der Waals surface area contributed by atoms with E-state index in [0.29, 0.717) is 40.4 Å². The Balaban J connectivity index is 0.835. The number of allylic oxidation sites excluding steroid dienone is 4. The number of carboxylic acid groups (broad SMARTS) is 1. The van der Waals surface area contributed by atoms with Crippen molar-refractivity contribution < 1.29 is 83.1 Å². The van der Waals surface area contributed by atoms with Gasteiger partial charge in [-0.2, -0.15) is 0 Å². The van der Waals surface area contributed by atoms with Gasteiger partial charge in [-0.15, -0.1) is 11.3 Å². The first-order chi connectivity index (χ1) is 35.3. The van der Waals surface area contributed by atoms with Crippen molar-refractivity contribution >= 4 is 74.1 Å². The largest absolute Gasteiger partial charge is 0.479 e. The number of carbonyl (C=O) groups is 6. The van der Waals surface area contributed by atoms with Gasteiger partial charge >= 0.3 is 12.1 Å². The number of carbonyl (C=O) groups excluding carboxylic acids is 5. The van der Waals surface area contributed by atoms with Crippen molar-refractivity contribution in [2.45, 2.75) is 114 Å². The van der Waals surface area contributed by atoms with Crippen LogP contribution in [0.3, 0.4) is 0 Å². The predicted octanol–water partition coefficient (Wildman–Crippen LogP) is 3.20. The number of aliphatic hydroxyl groups excluding tert-OH is 5. The Bertz CT molecular complexity index is 2770. The van der Waals surface area contributed by atoms with Crippen LogP contribution in [0.15, 0.2) is 72.5 Å². The van der Waals surface area contributed by atoms with E-state index in [1.165, 1.54) is 29.5 Å². The van der Waals surface area contributed by atoms with Gasteiger partial charge in [0.25, 0.3) is 0 Å². The van der Waals surface area contributed by atoms with Gasteiger partial charge in [0, 0.05) is 48.0 Å². The number of aromatic nitrogens is 1. The molecule has 396 valence electrons. The van der Waals surface area contributed by atoms with Gasteiger partial charge in [-0.05, 0) is 85.1 Å². The van der Waals surface area contributed by atoms with Crippen molar-refractivity contribution in [2.24, 2.45) is 28.6 Å². The number of aliphatic hydroxyl groups is 5. The Morgan fingerprint density at radius 3 is 2.53 bits per heavy atom. The fourth-order valence-corrected chi connectivity index (χ4v) is 13.4. The minimum absolute atomic E-state index is 0.0183. The Morgan fingerprint density at radius 1 is 0.973 bits per heavy atom. The first-order valence-electron chi connectivity index (χ1n) is 24.2. The lowest BCUT2D eigenvalue weighted by Gasteiger charge is -2.59. The molecule has 3 saturated carbocycles. The van der Waals surface area contributed by atoms with E-state index in [1.807, 2.05) is 19.1 Å². The van der Waals surface area contributed by atoms with Gasteiger partial charge in [-0.1, -0.05) is 59.6 Å². The Kier molecular flexibility index (Phi) is 15.3. The molecule has 2 aliphatic heterocycles. The van der Waals surface area contributed by atoms with Gasteiger partial charge in [-0.25, -0.2) is 14.6 Å². The zero-order valence-electron chi connectivity index (χ0n) is 40.2. The van der Waals surface area contributed by atoms with Crippen LogP contribution < -0.4 is 20.7 Å². The maximum atomic E-state index is 14.0. The predicted molar refractivity (Wildman–Crippen MR) is 264 cm³/mol. The third kappa shape index (κ3) is 9.94. The van der Waals surface area contributed by atoms with Crippen molar-refractivity contribution in [3.05, 3.63) is 93.5 Å². The number of ketones is 2. The van der Waals surface area contributed by atoms with E-state index >= 15 is 0 Å². The number of ether oxygens (including phenoxy) is 5. The summed E-state index contributed by atoms with van der Waals surface area (Å²) in [5, 5.41) is 71.4. The second-order valence-corrected chi connectivity index (χ2v) is 21.7. The number of alkyl halides is 1. The van der Waals surface area contributed by atoms with Gasteiger partial charge in [0.1, 0.15) is 37.3 Å². The monoisotopic (exact) mass is 1110 g/mol. The topological polar surface area (TPSA) is 319 Å². The summed E-state index contributed by atoms with van der Waals surface area (Å²) in [6.45, 7) is 2.97. The van der Waals surface area contributed by atoms with Crippen molar-refractivity contribution in [1.29, 1.82) is 0 Å². The highest BCUT2D eigenvalue weighted by Gasteiger charge is 2.76. The van der Waals surface area contributed by atoms with Gasteiger partial charge in [0.15, 0.2) is 29.6 Å². The second-order valence-electron chi connectivity index (χ2n) is 20.0. The molecule has 3 aromatic rings. The second kappa shape index (κ2) is 21.3. The number of aliphatic carboxylic acids is 1. The highest BCUT2D eigenvalue weighted by molar-refractivity contribution is 9.09. The number of nitrogens with one attached hydrogen (secondary N) is 3. The molecule has 9 rings (SSSR count). The molecule has 6 aliphatic rings. The first-order valence-corrected chi connectivity index (χ1v) is 26.1. The van der Waals surface area contributed by atoms with Gasteiger partial charge in [0.2, 0.25) is 18.1 Å². The van der Waals surface area contributed by atoms with Crippen LogP contribution in [0.25, 0.3) is 0 Å². The van der Waals surface area contributed by atoms with E-state index < -0.39 is 96.0 Å². The number of nitrogens with zero attached hydrogens (tertiary/aromatic N) is 1. The third-order valence-corrected chi connectivity index (χ3v) is 17.2. The maximum Gasteiger partial charge on any atom is 0.411 e. The fourth-order valence-electron chi connectivity index (χ4n) is 12.3. The average molecular weight is 1110 g/mol. The van der Waals surface area contributed by atoms with Crippen LogP contribution in [-0.2, 0) is 55.9 Å². The highest BCUT2D eigenvalue weighted by atomic mass is 79.9. The van der Waals surface area contributed by atoms with Gasteiger partial charge < -0.3 is 65.0 Å². The Hall–Kier alpha value is -5.47. The van der Waals surface area contributed by atoms with Gasteiger partial charge in [-0.3, -0.25) is 24.5 Å². The third-order valence-electron chi connectivity index (χ3n) is 15.7. The number of halogens is 1. The summed E-state index contributed by atoms with van der Waals surface area (Å²) < 4.78 is 29.8. The summed E-state index contributed by atoms with van der Waals surface area (Å²) in [6.07, 6.45) is -3.61. The van der Waals surface area contributed by atoms with Crippen LogP contribution in [0.2, 0.25) is 0 Å². The van der Waals surface area contributed by atoms with Crippen LogP contribution >= 0.6 is 27.3 Å². The molecule has 21 nitrogen and oxygen atoms in total. The molecule has 9 N–H and O–H groups in total. The molecular formula is C51H57BrN4O17S. The first kappa shape index (κ1) is 53.4. The molecule has 23 heteroatoms. The number of benzene rings is 2. The normalized spacial score (nSPS) is 33.8. The number of rotatable bonds is 16. The molecule has 5 fully saturated rings. The number of anilines is 2. The molecule has 1 aromatic heterocycles. The van der Waals surface area contributed by atoms with Crippen LogP contribution in [0.1, 0.15) is 73.3 Å². The van der Waals surface area contributed by atoms with Crippen LogP contribution in [0.4, 0.5) is 16.2 Å². The minimum atomic E-state index is -1.97. The number of carboxylic acids is 1. The standard InChI is InChI=1S/C51H57BrN4O17S/c1-49-12-10-28(58)17-26(49)7-8-29-30-18-36-51(35(60)22-57,50(30,2)19-32(59)40(29)49)73-46(71-36)34-21-54-39(74-34)16-24-4-3-5-27(14-24)55-48(68)69-23-25-6-9-33(31(15-25)56-37(61)11-13-53-38(62)20-52)70-47-43(65)41(63)42(64)44(72-47)45(66)67/h3-6,9-10,12,14-15,17,21,29-30,32,36,40-44,46-47,57,59,63-65H,7-8,11,13,16,18-20,22-23H2,1-2H3,(H,53,62)(H,55,68)(H,56,61)(H,66,67)/t29-,30-,32-,36+,40+,41-,42-,43+,44-,46+,47+,49-,50-,51+/m0/s1. The SMILES string of the molecule is C[C@]12C=CC(=O)C=C1CC[C@@H]1[C@@H]2[C@@H](O)C[C@@]2(C)[C@H]1C[C@H]1O[C@@H](c3cnc(Cc4cccc(NC(=O)OCc5ccc(O[C@@H]6O[C@H](C(=O)O)[C@@H](O)[C@H](O)[C@H]6O)c(NC(=O)CCNC(=O)CBr)c5)c4)s3)O[C@]12C(=O)CO. The van der Waals surface area contributed by atoms with E-state index in [1.54, 1.807) is 36.5 Å². The van der Waals surface area contributed by atoms with Crippen molar-refractivity contribution in [2.75, 3.05) is 29.1 Å². The summed E-state index contributed by atoms with van der Waals surface area (Å²) in [4.78, 5) is 81.0. The number of hydrogen-bond donors (Lipinski definition) is 9. The minimum Gasteiger partial charge on any atom is -0.479 e. The van der Waals surface area contributed by atoms with E-state index in [2.05, 4.69) is 43.8 Å². The summed E-state index contributed by atoms with van der Waals surface area (Å²) in [5.74, 6) is -3.44. The molecule has 0 unspecified atom stereocenters. The van der Waals surface area contributed by atoms with Crippen molar-refractivity contribution in [3.8, 4) is 5.75 Å². The zero-order chi connectivity index (χ0) is 52.9. The number of thiazole rings is 1. The lowest BCUT2D eigenvalue weighted by molar-refractivity contribution is -0.271.